The summed E-state index contributed by atoms with van der Waals surface area (Å²) in [4.78, 5) is 0. The highest BCUT2D eigenvalue weighted by molar-refractivity contribution is 4.95. The molecule has 0 rings (SSSR count). The van der Waals surface area contributed by atoms with E-state index < -0.39 is 0 Å². The number of allylic oxidation sites excluding steroid dienone is 3. The van der Waals surface area contributed by atoms with E-state index in [0.717, 1.165) is 6.42 Å². The Balaban J connectivity index is 2.99. The minimum Gasteiger partial charge on any atom is -0.0845 e. The lowest BCUT2D eigenvalue weighted by Crippen LogP contribution is -1.84. The maximum absolute atomic E-state index is 6.91. The minimum atomic E-state index is 1.15. The number of unbranched alkanes of at least 4 members (excludes halogenated alkanes) is 20. The molecular weight excluding hydrogens is 312 g/mol. The van der Waals surface area contributed by atoms with Gasteiger partial charge in [0.25, 0.3) is 0 Å². The number of hydrogen-bond acceptors (Lipinski definition) is 0. The van der Waals surface area contributed by atoms with Gasteiger partial charge in [0.05, 0.1) is 0 Å². The molecule has 0 aliphatic carbocycles. The highest BCUT2D eigenvalue weighted by Gasteiger charge is 1.95. The normalized spacial score (nSPS) is 11.4. The molecule has 0 N–H and O–H groups in total. The Kier molecular flexibility index (Phi) is 24.0. The molecule has 0 atom stereocenters. The third-order valence-corrected chi connectivity index (χ3v) is 5.46. The SMILES string of the molecule is [C]=CC=CCCCCCCCCCCCCCCCCCCCCCC. The fourth-order valence-corrected chi connectivity index (χ4v) is 3.68. The zero-order valence-electron chi connectivity index (χ0n) is 18.1. The van der Waals surface area contributed by atoms with E-state index >= 15 is 0 Å². The van der Waals surface area contributed by atoms with Crippen LogP contribution in [0.2, 0.25) is 0 Å². The molecule has 0 spiro atoms. The maximum atomic E-state index is 6.91. The lowest BCUT2D eigenvalue weighted by molar-refractivity contribution is 0.522. The Morgan fingerprint density at radius 1 is 0.462 bits per heavy atom. The molecule has 0 aromatic heterocycles. The van der Waals surface area contributed by atoms with Crippen LogP contribution < -0.4 is 0 Å². The van der Waals surface area contributed by atoms with Crippen LogP contribution in [-0.2, 0) is 0 Å². The van der Waals surface area contributed by atoms with Crippen molar-refractivity contribution in [2.24, 2.45) is 0 Å². The van der Waals surface area contributed by atoms with Crippen LogP contribution in [0.5, 0.6) is 0 Å². The van der Waals surface area contributed by atoms with E-state index in [1.807, 2.05) is 6.08 Å². The van der Waals surface area contributed by atoms with E-state index in [1.54, 1.807) is 0 Å². The number of hydrogen-bond donors (Lipinski definition) is 0. The Hall–Kier alpha value is -0.520. The summed E-state index contributed by atoms with van der Waals surface area (Å²) in [6.07, 6.45) is 35.3. The minimum absolute atomic E-state index is 1.15. The van der Waals surface area contributed by atoms with Crippen LogP contribution in [-0.4, -0.2) is 0 Å². The first-order valence-electron chi connectivity index (χ1n) is 12.1. The second-order valence-corrected chi connectivity index (χ2v) is 8.10. The Morgan fingerprint density at radius 2 is 0.769 bits per heavy atom. The van der Waals surface area contributed by atoms with Gasteiger partial charge in [0.2, 0.25) is 0 Å². The zero-order valence-corrected chi connectivity index (χ0v) is 18.1. The van der Waals surface area contributed by atoms with Crippen LogP contribution in [0.15, 0.2) is 18.2 Å². The van der Waals surface area contributed by atoms with Gasteiger partial charge in [0.15, 0.2) is 0 Å². The molecular formula is C26H48. The molecule has 0 saturated heterocycles. The van der Waals surface area contributed by atoms with Gasteiger partial charge in [-0.3, -0.25) is 0 Å². The van der Waals surface area contributed by atoms with Crippen molar-refractivity contribution in [3.8, 4) is 0 Å². The largest absolute Gasteiger partial charge is 0.0845 e. The molecule has 26 heavy (non-hydrogen) atoms. The molecule has 0 aliphatic rings. The summed E-state index contributed by atoms with van der Waals surface area (Å²) in [6, 6.07) is 0. The molecule has 0 saturated carbocycles. The lowest BCUT2D eigenvalue weighted by Gasteiger charge is -2.04. The second-order valence-electron chi connectivity index (χ2n) is 8.10. The van der Waals surface area contributed by atoms with E-state index in [9.17, 15) is 0 Å². The monoisotopic (exact) mass is 360 g/mol. The van der Waals surface area contributed by atoms with Gasteiger partial charge in [0, 0.05) is 0 Å². The third kappa shape index (κ3) is 23.5. The molecule has 0 heteroatoms. The summed E-state index contributed by atoms with van der Waals surface area (Å²) in [5.41, 5.74) is 0. The van der Waals surface area contributed by atoms with Crippen molar-refractivity contribution < 1.29 is 0 Å². The van der Waals surface area contributed by atoms with E-state index in [0.29, 0.717) is 0 Å². The van der Waals surface area contributed by atoms with Crippen LogP contribution in [0.3, 0.4) is 0 Å². The Morgan fingerprint density at radius 3 is 1.08 bits per heavy atom. The first-order chi connectivity index (χ1) is 12.9. The molecule has 0 aromatic rings. The smallest absolute Gasteiger partial charge is 0.00991 e. The first kappa shape index (κ1) is 25.5. The van der Waals surface area contributed by atoms with E-state index in [-0.39, 0.29) is 0 Å². The van der Waals surface area contributed by atoms with Crippen molar-refractivity contribution in [1.82, 2.24) is 0 Å². The van der Waals surface area contributed by atoms with Crippen LogP contribution in [0, 0.1) is 6.58 Å². The average molecular weight is 361 g/mol. The van der Waals surface area contributed by atoms with Gasteiger partial charge in [-0.25, -0.2) is 0 Å². The molecule has 2 radical (unpaired) electrons. The van der Waals surface area contributed by atoms with Gasteiger partial charge < -0.3 is 0 Å². The molecule has 0 amide bonds. The molecule has 0 aromatic carbocycles. The summed E-state index contributed by atoms with van der Waals surface area (Å²) in [6.45, 7) is 9.21. The standard InChI is InChI=1S/C26H48/c1-3-5-7-9-11-13-15-17-19-21-23-25-26-24-22-20-18-16-14-12-10-8-6-4-2/h4,6,8H,3,5,7,9-26H2,1H3. The zero-order chi connectivity index (χ0) is 19.0. The predicted octanol–water partition coefficient (Wildman–Crippen LogP) is 9.62. The van der Waals surface area contributed by atoms with Crippen molar-refractivity contribution in [1.29, 1.82) is 0 Å². The quantitative estimate of drug-likeness (QED) is 0.133. The van der Waals surface area contributed by atoms with Crippen LogP contribution in [0.1, 0.15) is 142 Å². The van der Waals surface area contributed by atoms with Gasteiger partial charge in [-0.05, 0) is 19.4 Å². The average Bonchev–Trinajstić information content (AvgIpc) is 2.66. The van der Waals surface area contributed by atoms with Crippen molar-refractivity contribution in [2.75, 3.05) is 0 Å². The van der Waals surface area contributed by atoms with Crippen molar-refractivity contribution in [3.63, 3.8) is 0 Å². The molecule has 0 bridgehead atoms. The highest BCUT2D eigenvalue weighted by atomic mass is 14.0. The topological polar surface area (TPSA) is 0 Å². The predicted molar refractivity (Wildman–Crippen MR) is 120 cm³/mol. The van der Waals surface area contributed by atoms with Gasteiger partial charge >= 0.3 is 0 Å². The third-order valence-electron chi connectivity index (χ3n) is 5.46. The summed E-state index contributed by atoms with van der Waals surface area (Å²) in [7, 11) is 0. The lowest BCUT2D eigenvalue weighted by atomic mass is 10.0. The van der Waals surface area contributed by atoms with Gasteiger partial charge in [-0.2, -0.15) is 0 Å². The van der Waals surface area contributed by atoms with Gasteiger partial charge in [-0.15, -0.1) is 0 Å². The highest BCUT2D eigenvalue weighted by Crippen LogP contribution is 2.15. The van der Waals surface area contributed by atoms with Gasteiger partial charge in [-0.1, -0.05) is 147 Å². The molecule has 0 unspecified atom stereocenters. The molecule has 0 heterocycles. The van der Waals surface area contributed by atoms with Gasteiger partial charge in [0.1, 0.15) is 0 Å². The van der Waals surface area contributed by atoms with E-state index in [4.69, 9.17) is 6.58 Å². The molecule has 0 fully saturated rings. The summed E-state index contributed by atoms with van der Waals surface area (Å²) in [5.74, 6) is 0. The Labute approximate surface area is 166 Å². The van der Waals surface area contributed by atoms with Crippen molar-refractivity contribution in [2.45, 2.75) is 142 Å². The van der Waals surface area contributed by atoms with Crippen molar-refractivity contribution in [3.05, 3.63) is 24.8 Å². The van der Waals surface area contributed by atoms with Crippen LogP contribution in [0.25, 0.3) is 0 Å². The summed E-state index contributed by atoms with van der Waals surface area (Å²) >= 11 is 0. The van der Waals surface area contributed by atoms with Crippen molar-refractivity contribution >= 4 is 0 Å². The maximum Gasteiger partial charge on any atom is -0.00991 e. The molecule has 0 nitrogen and oxygen atoms in total. The summed E-state index contributed by atoms with van der Waals surface area (Å²) in [5, 5.41) is 0. The molecule has 0 aliphatic heterocycles. The molecule has 152 valence electrons. The van der Waals surface area contributed by atoms with E-state index in [1.165, 1.54) is 134 Å². The fourth-order valence-electron chi connectivity index (χ4n) is 3.68. The summed E-state index contributed by atoms with van der Waals surface area (Å²) < 4.78 is 0. The van der Waals surface area contributed by atoms with E-state index in [2.05, 4.69) is 13.0 Å². The first-order valence-corrected chi connectivity index (χ1v) is 12.1. The second kappa shape index (κ2) is 24.5. The Bertz CT molecular complexity index is 276. The van der Waals surface area contributed by atoms with Crippen LogP contribution >= 0.6 is 0 Å². The number of rotatable bonds is 22. The fraction of sp³-hybridized carbons (Fsp3) is 0.846. The van der Waals surface area contributed by atoms with Crippen LogP contribution in [0.4, 0.5) is 0 Å².